The molecule has 0 N–H and O–H groups in total. The highest BCUT2D eigenvalue weighted by Crippen LogP contribution is 2.62. The van der Waals surface area contributed by atoms with E-state index in [0.29, 0.717) is 29.2 Å². The maximum absolute atomic E-state index is 5.28. The van der Waals surface area contributed by atoms with E-state index in [1.54, 1.807) is 23.8 Å². The molecule has 0 aliphatic heterocycles. The number of hydrogen-bond donors (Lipinski definition) is 0. The molecule has 10 heteroatoms. The number of aromatic nitrogens is 6. The minimum atomic E-state index is 0.209. The van der Waals surface area contributed by atoms with Crippen molar-refractivity contribution in [1.82, 2.24) is 29.9 Å². The van der Waals surface area contributed by atoms with Crippen LogP contribution in [0.3, 0.4) is 0 Å². The second-order valence-corrected chi connectivity index (χ2v) is 22.1. The van der Waals surface area contributed by atoms with Crippen molar-refractivity contribution in [3.63, 3.8) is 0 Å². The van der Waals surface area contributed by atoms with Gasteiger partial charge in [-0.2, -0.15) is 0 Å². The molecule has 316 valence electrons. The summed E-state index contributed by atoms with van der Waals surface area (Å²) in [6.07, 6.45) is 3.36. The summed E-state index contributed by atoms with van der Waals surface area (Å²) in [6, 6.07) is 43.7. The molecule has 0 saturated carbocycles. The fourth-order valence-corrected chi connectivity index (χ4v) is 16.4. The number of nitrogens with zero attached hydrogens (tertiary/aromatic N) is 6. The lowest BCUT2D eigenvalue weighted by Crippen LogP contribution is -2.25. The van der Waals surface area contributed by atoms with Gasteiger partial charge in [0.25, 0.3) is 0 Å². The fourth-order valence-electron chi connectivity index (χ4n) is 11.5. The molecule has 2 aliphatic carbocycles. The van der Waals surface area contributed by atoms with E-state index in [0.717, 1.165) is 22.3 Å². The molecular weight excluding hydrogens is 885 g/mol. The molecule has 12 aromatic rings. The van der Waals surface area contributed by atoms with E-state index in [4.69, 9.17) is 24.9 Å². The Hall–Kier alpha value is -6.56. The van der Waals surface area contributed by atoms with E-state index in [1.807, 2.05) is 45.3 Å². The van der Waals surface area contributed by atoms with Gasteiger partial charge in [0.1, 0.15) is 12.7 Å². The lowest BCUT2D eigenvalue weighted by Gasteiger charge is -2.41. The summed E-state index contributed by atoms with van der Waals surface area (Å²) in [4.78, 5) is 32.4. The summed E-state index contributed by atoms with van der Waals surface area (Å²) in [5.41, 5.74) is 10.1. The van der Waals surface area contributed by atoms with Crippen molar-refractivity contribution in [2.24, 2.45) is 0 Å². The van der Waals surface area contributed by atoms with Crippen molar-refractivity contribution >= 4 is 106 Å². The lowest BCUT2D eigenvalue weighted by atomic mass is 9.64. The van der Waals surface area contributed by atoms with Gasteiger partial charge in [-0.15, -0.1) is 45.3 Å². The molecule has 0 fully saturated rings. The molecule has 66 heavy (non-hydrogen) atoms. The number of fused-ring (bicyclic) bond motifs is 12. The van der Waals surface area contributed by atoms with Crippen molar-refractivity contribution in [2.45, 2.75) is 51.4 Å². The third-order valence-corrected chi connectivity index (χ3v) is 19.3. The Morgan fingerprint density at radius 1 is 0.364 bits per heavy atom. The van der Waals surface area contributed by atoms with Crippen LogP contribution in [0.2, 0.25) is 0 Å². The Morgan fingerprint density at radius 2 is 0.833 bits per heavy atom. The molecule has 0 amide bonds. The maximum Gasteiger partial charge on any atom is 0.164 e. The minimum Gasteiger partial charge on any atom is -0.217 e. The van der Waals surface area contributed by atoms with E-state index in [1.165, 1.54) is 81.4 Å². The van der Waals surface area contributed by atoms with Crippen LogP contribution < -0.4 is 0 Å². The van der Waals surface area contributed by atoms with Crippen LogP contribution in [0.25, 0.3) is 106 Å². The first-order valence-corrected chi connectivity index (χ1v) is 25.7. The Bertz CT molecular complexity index is 4060. The molecule has 0 spiro atoms. The van der Waals surface area contributed by atoms with Gasteiger partial charge in [0.05, 0.1) is 0 Å². The second-order valence-electron chi connectivity index (χ2n) is 17.8. The van der Waals surface area contributed by atoms with Gasteiger partial charge in [0.2, 0.25) is 0 Å². The third-order valence-electron chi connectivity index (χ3n) is 14.3. The molecule has 0 radical (unpaired) electrons. The van der Waals surface area contributed by atoms with Gasteiger partial charge in [-0.1, -0.05) is 99.5 Å². The normalized spacial score (nSPS) is 18.2. The number of benzene rings is 6. The summed E-state index contributed by atoms with van der Waals surface area (Å²) in [5, 5.41) is 7.53. The minimum absolute atomic E-state index is 0.209. The van der Waals surface area contributed by atoms with Gasteiger partial charge < -0.3 is 0 Å². The van der Waals surface area contributed by atoms with E-state index in [-0.39, 0.29) is 17.8 Å². The van der Waals surface area contributed by atoms with Gasteiger partial charge in [0.15, 0.2) is 23.3 Å². The SMILES string of the molecule is CC1C2=C(C(C)c3c1sc1ccc(-c4ncnc(-c5ccc6sc7ccccc7c6c5)n4)cc31)C(C)c1c(sc3cccc(-c4ncnc(-c5cccc6sc7ccccc7c56)n4)c13)C2C. The van der Waals surface area contributed by atoms with Crippen LogP contribution in [0.1, 0.15) is 72.2 Å². The molecule has 6 nitrogen and oxygen atoms in total. The van der Waals surface area contributed by atoms with Crippen LogP contribution >= 0.6 is 45.3 Å². The van der Waals surface area contributed by atoms with Crippen LogP contribution in [0.4, 0.5) is 0 Å². The van der Waals surface area contributed by atoms with Gasteiger partial charge in [0, 0.05) is 111 Å². The first-order valence-electron chi connectivity index (χ1n) is 22.4. The standard InChI is InChI=1S/C56H38N6S4/c1-27-45-28(2)48-50-36(56-60-26-59-55(62-56)35-13-9-17-43-49(35)34-12-6-8-16-40(34)64-43)14-10-18-44(50)66-52(48)30(4)46(45)29(3)51-47(27)38-24-32(20-22-42(38)65-51)54-58-25-57-53(61-54)31-19-21-41-37(23-31)33-11-5-7-15-39(33)63-41/h5-30H,1-4H3. The third kappa shape index (κ3) is 5.56. The van der Waals surface area contributed by atoms with Gasteiger partial charge in [-0.3, -0.25) is 0 Å². The van der Waals surface area contributed by atoms with E-state index >= 15 is 0 Å². The average molecular weight is 923 g/mol. The summed E-state index contributed by atoms with van der Waals surface area (Å²) < 4.78 is 7.66. The monoisotopic (exact) mass is 922 g/mol. The van der Waals surface area contributed by atoms with Crippen molar-refractivity contribution in [2.75, 3.05) is 0 Å². The average Bonchev–Trinajstić information content (AvgIpc) is 4.14. The van der Waals surface area contributed by atoms with Gasteiger partial charge >= 0.3 is 0 Å². The van der Waals surface area contributed by atoms with Crippen molar-refractivity contribution < 1.29 is 0 Å². The van der Waals surface area contributed by atoms with Crippen molar-refractivity contribution in [3.05, 3.63) is 166 Å². The van der Waals surface area contributed by atoms with E-state index < -0.39 is 0 Å². The van der Waals surface area contributed by atoms with Crippen LogP contribution in [0.15, 0.2) is 145 Å². The maximum atomic E-state index is 5.28. The zero-order valence-electron chi connectivity index (χ0n) is 36.3. The van der Waals surface area contributed by atoms with Crippen molar-refractivity contribution in [1.29, 1.82) is 0 Å². The molecule has 4 atom stereocenters. The number of hydrogen-bond acceptors (Lipinski definition) is 10. The molecule has 0 bridgehead atoms. The Labute approximate surface area is 396 Å². The number of allylic oxidation sites excluding steroid dienone is 2. The first-order chi connectivity index (χ1) is 32.4. The zero-order chi connectivity index (χ0) is 43.9. The summed E-state index contributed by atoms with van der Waals surface area (Å²) in [7, 11) is 0. The van der Waals surface area contributed by atoms with Gasteiger partial charge in [-0.25, -0.2) is 29.9 Å². The first kappa shape index (κ1) is 38.7. The largest absolute Gasteiger partial charge is 0.217 e. The highest BCUT2D eigenvalue weighted by molar-refractivity contribution is 7.26. The summed E-state index contributed by atoms with van der Waals surface area (Å²) in [5.74, 6) is 3.83. The highest BCUT2D eigenvalue weighted by atomic mass is 32.1. The molecule has 6 aromatic carbocycles. The molecule has 4 unspecified atom stereocenters. The second kappa shape index (κ2) is 14.5. The number of thiophene rings is 4. The predicted molar refractivity (Wildman–Crippen MR) is 279 cm³/mol. The quantitative estimate of drug-likeness (QED) is 0.164. The highest BCUT2D eigenvalue weighted by Gasteiger charge is 2.43. The summed E-state index contributed by atoms with van der Waals surface area (Å²) in [6.45, 7) is 9.78. The molecule has 6 aromatic heterocycles. The van der Waals surface area contributed by atoms with Crippen LogP contribution in [-0.2, 0) is 0 Å². The Morgan fingerprint density at radius 3 is 1.55 bits per heavy atom. The zero-order valence-corrected chi connectivity index (χ0v) is 39.6. The topological polar surface area (TPSA) is 77.3 Å². The molecular formula is C56H38N6S4. The predicted octanol–water partition coefficient (Wildman–Crippen LogP) is 16.3. The van der Waals surface area contributed by atoms with Crippen LogP contribution in [0, 0.1) is 0 Å². The summed E-state index contributed by atoms with van der Waals surface area (Å²) >= 11 is 7.55. The fraction of sp³-hybridized carbons (Fsp3) is 0.143. The molecule has 6 heterocycles. The van der Waals surface area contributed by atoms with Crippen molar-refractivity contribution in [3.8, 4) is 45.6 Å². The molecule has 14 rings (SSSR count). The molecule has 2 aliphatic rings. The smallest absolute Gasteiger partial charge is 0.164 e. The Kier molecular flexibility index (Phi) is 8.48. The lowest BCUT2D eigenvalue weighted by molar-refractivity contribution is 0.619. The van der Waals surface area contributed by atoms with Crippen LogP contribution in [-0.4, -0.2) is 29.9 Å². The van der Waals surface area contributed by atoms with E-state index in [2.05, 4.69) is 154 Å². The Balaban J connectivity index is 0.850. The molecule has 0 saturated heterocycles. The number of rotatable bonds is 4. The van der Waals surface area contributed by atoms with Gasteiger partial charge in [-0.05, 0) is 77.2 Å². The van der Waals surface area contributed by atoms with Crippen LogP contribution in [0.5, 0.6) is 0 Å². The van der Waals surface area contributed by atoms with E-state index in [9.17, 15) is 0 Å².